The second-order valence-corrected chi connectivity index (χ2v) is 2.81. The van der Waals surface area contributed by atoms with Crippen LogP contribution in [0.25, 0.3) is 0 Å². The maximum Gasteiger partial charge on any atom is 0.267 e. The van der Waals surface area contributed by atoms with Crippen molar-refractivity contribution in [2.45, 2.75) is 18.9 Å². The highest BCUT2D eigenvalue weighted by atomic mass is 19.3. The zero-order valence-corrected chi connectivity index (χ0v) is 7.33. The van der Waals surface area contributed by atoms with Crippen LogP contribution in [0, 0.1) is 0 Å². The highest BCUT2D eigenvalue weighted by Crippen LogP contribution is 2.28. The van der Waals surface area contributed by atoms with Crippen molar-refractivity contribution >= 4 is 0 Å². The second-order valence-electron chi connectivity index (χ2n) is 2.81. The molecule has 0 aromatic carbocycles. The minimum Gasteiger partial charge on any atom is -0.271 e. The van der Waals surface area contributed by atoms with Gasteiger partial charge in [-0.1, -0.05) is 0 Å². The number of hydrazine groups is 1. The molecule has 7 heteroatoms. The average molecular weight is 191 g/mol. The van der Waals surface area contributed by atoms with E-state index in [0.717, 1.165) is 6.92 Å². The van der Waals surface area contributed by atoms with Crippen molar-refractivity contribution < 1.29 is 8.78 Å². The van der Waals surface area contributed by atoms with Crippen LogP contribution in [0.5, 0.6) is 0 Å². The van der Waals surface area contributed by atoms with Crippen molar-refractivity contribution in [3.05, 3.63) is 11.9 Å². The Hall–Kier alpha value is -1.08. The van der Waals surface area contributed by atoms with Crippen LogP contribution < -0.4 is 11.3 Å². The lowest BCUT2D eigenvalue weighted by molar-refractivity contribution is -0.0209. The van der Waals surface area contributed by atoms with Crippen LogP contribution in [-0.2, 0) is 7.05 Å². The first kappa shape index (κ1) is 10.0. The summed E-state index contributed by atoms with van der Waals surface area (Å²) >= 11 is 0. The lowest BCUT2D eigenvalue weighted by Gasteiger charge is -2.19. The summed E-state index contributed by atoms with van der Waals surface area (Å²) in [6, 6.07) is -1.30. The smallest absolute Gasteiger partial charge is 0.267 e. The van der Waals surface area contributed by atoms with E-state index in [-0.39, 0.29) is 5.69 Å². The van der Waals surface area contributed by atoms with Gasteiger partial charge in [0.1, 0.15) is 11.7 Å². The Morgan fingerprint density at radius 3 is 2.62 bits per heavy atom. The molecule has 13 heavy (non-hydrogen) atoms. The normalized spacial score (nSPS) is 14.5. The van der Waals surface area contributed by atoms with Crippen molar-refractivity contribution in [2.75, 3.05) is 0 Å². The van der Waals surface area contributed by atoms with E-state index in [1.54, 1.807) is 7.05 Å². The van der Waals surface area contributed by atoms with E-state index in [1.807, 2.05) is 5.43 Å². The van der Waals surface area contributed by atoms with E-state index in [4.69, 9.17) is 5.84 Å². The Labute approximate surface area is 73.9 Å². The van der Waals surface area contributed by atoms with Crippen LogP contribution in [0.15, 0.2) is 6.20 Å². The van der Waals surface area contributed by atoms with Gasteiger partial charge in [-0.25, -0.2) is 14.2 Å². The van der Waals surface area contributed by atoms with E-state index in [1.165, 1.54) is 11.0 Å². The summed E-state index contributed by atoms with van der Waals surface area (Å²) in [6.45, 7) is 0.770. The lowest BCUT2D eigenvalue weighted by Crippen LogP contribution is -2.39. The van der Waals surface area contributed by atoms with Gasteiger partial charge in [0, 0.05) is 14.0 Å². The van der Waals surface area contributed by atoms with E-state index >= 15 is 0 Å². The number of aryl methyl sites for hydroxylation is 1. The Bertz CT molecular complexity index is 279. The highest BCUT2D eigenvalue weighted by Gasteiger charge is 2.36. The molecule has 1 aromatic rings. The molecule has 0 amide bonds. The first-order chi connectivity index (χ1) is 5.95. The van der Waals surface area contributed by atoms with Crippen molar-refractivity contribution in [3.8, 4) is 0 Å². The quantitative estimate of drug-likeness (QED) is 0.520. The molecule has 0 fully saturated rings. The zero-order valence-electron chi connectivity index (χ0n) is 7.33. The molecule has 1 unspecified atom stereocenters. The summed E-state index contributed by atoms with van der Waals surface area (Å²) in [4.78, 5) is 1.20. The minimum absolute atomic E-state index is 0.123. The first-order valence-electron chi connectivity index (χ1n) is 3.65. The third kappa shape index (κ3) is 2.19. The predicted molar refractivity (Wildman–Crippen MR) is 41.7 cm³/mol. The molecule has 74 valence electrons. The Morgan fingerprint density at radius 2 is 2.31 bits per heavy atom. The van der Waals surface area contributed by atoms with Gasteiger partial charge in [-0.2, -0.15) is 15.0 Å². The SMILES string of the molecule is Cn1ncc(C(NN)C(C)(F)F)n1. The van der Waals surface area contributed by atoms with Gasteiger partial charge >= 0.3 is 0 Å². The van der Waals surface area contributed by atoms with E-state index in [9.17, 15) is 8.78 Å². The number of rotatable bonds is 3. The van der Waals surface area contributed by atoms with Crippen molar-refractivity contribution in [1.82, 2.24) is 20.4 Å². The summed E-state index contributed by atoms with van der Waals surface area (Å²) in [6.07, 6.45) is 1.25. The number of nitrogens with zero attached hydrogens (tertiary/aromatic N) is 3. The van der Waals surface area contributed by atoms with Gasteiger partial charge in [0.25, 0.3) is 5.92 Å². The average Bonchev–Trinajstić information content (AvgIpc) is 2.34. The van der Waals surface area contributed by atoms with Gasteiger partial charge in [0.2, 0.25) is 0 Å². The predicted octanol–water partition coefficient (Wildman–Crippen LogP) is -0.0253. The summed E-state index contributed by atoms with van der Waals surface area (Å²) in [5.41, 5.74) is 2.13. The molecule has 0 aliphatic rings. The topological polar surface area (TPSA) is 68.8 Å². The molecule has 0 aliphatic heterocycles. The standard InChI is InChI=1S/C6H11F2N5/c1-6(7,8)5(11-9)4-3-10-13(2)12-4/h3,5,11H,9H2,1-2H3. The fourth-order valence-corrected chi connectivity index (χ4v) is 0.985. The van der Waals surface area contributed by atoms with Gasteiger partial charge in [0.05, 0.1) is 6.20 Å². The first-order valence-corrected chi connectivity index (χ1v) is 3.65. The van der Waals surface area contributed by atoms with Crippen molar-refractivity contribution in [1.29, 1.82) is 0 Å². The summed E-state index contributed by atoms with van der Waals surface area (Å²) in [5, 5.41) is 7.41. The summed E-state index contributed by atoms with van der Waals surface area (Å²) < 4.78 is 25.7. The fourth-order valence-electron chi connectivity index (χ4n) is 0.985. The molecule has 0 saturated carbocycles. The van der Waals surface area contributed by atoms with Crippen LogP contribution >= 0.6 is 0 Å². The van der Waals surface area contributed by atoms with Crippen LogP contribution in [0.1, 0.15) is 18.7 Å². The molecule has 1 aromatic heterocycles. The molecular weight excluding hydrogens is 180 g/mol. The van der Waals surface area contributed by atoms with Gasteiger partial charge in [0.15, 0.2) is 0 Å². The largest absolute Gasteiger partial charge is 0.271 e. The Kier molecular flexibility index (Phi) is 2.58. The Morgan fingerprint density at radius 1 is 1.69 bits per heavy atom. The second kappa shape index (κ2) is 3.35. The number of nitrogens with one attached hydrogen (secondary N) is 1. The highest BCUT2D eigenvalue weighted by molar-refractivity contribution is 5.03. The maximum atomic E-state index is 12.9. The van der Waals surface area contributed by atoms with Crippen molar-refractivity contribution in [3.63, 3.8) is 0 Å². The third-order valence-electron chi connectivity index (χ3n) is 1.59. The fraction of sp³-hybridized carbons (Fsp3) is 0.667. The van der Waals surface area contributed by atoms with Gasteiger partial charge in [-0.05, 0) is 0 Å². The van der Waals surface area contributed by atoms with Gasteiger partial charge in [-0.3, -0.25) is 5.84 Å². The number of hydrogen-bond donors (Lipinski definition) is 2. The van der Waals surface area contributed by atoms with Crippen molar-refractivity contribution in [2.24, 2.45) is 12.9 Å². The maximum absolute atomic E-state index is 12.9. The van der Waals surface area contributed by atoms with E-state index in [2.05, 4.69) is 10.2 Å². The molecule has 0 radical (unpaired) electrons. The number of hydrogen-bond acceptors (Lipinski definition) is 4. The molecule has 1 heterocycles. The third-order valence-corrected chi connectivity index (χ3v) is 1.59. The summed E-state index contributed by atoms with van der Waals surface area (Å²) in [7, 11) is 1.55. The Balaban J connectivity index is 2.91. The molecule has 1 rings (SSSR count). The molecule has 0 spiro atoms. The molecule has 5 nitrogen and oxygen atoms in total. The van der Waals surface area contributed by atoms with E-state index in [0.29, 0.717) is 0 Å². The monoisotopic (exact) mass is 191 g/mol. The number of halogens is 2. The van der Waals surface area contributed by atoms with Crippen LogP contribution in [0.3, 0.4) is 0 Å². The van der Waals surface area contributed by atoms with E-state index < -0.39 is 12.0 Å². The minimum atomic E-state index is -2.97. The number of nitrogens with two attached hydrogens (primary N) is 1. The molecule has 3 N–H and O–H groups in total. The molecule has 0 bridgehead atoms. The van der Waals surface area contributed by atoms with Crippen LogP contribution in [0.4, 0.5) is 8.78 Å². The zero-order chi connectivity index (χ0) is 10.1. The molecule has 1 atom stereocenters. The lowest BCUT2D eigenvalue weighted by atomic mass is 10.1. The van der Waals surface area contributed by atoms with Gasteiger partial charge < -0.3 is 0 Å². The molecular formula is C6H11F2N5. The van der Waals surface area contributed by atoms with Crippen LogP contribution in [-0.4, -0.2) is 20.9 Å². The number of aromatic nitrogens is 3. The molecule has 0 saturated heterocycles. The van der Waals surface area contributed by atoms with Gasteiger partial charge in [-0.15, -0.1) is 0 Å². The van der Waals surface area contributed by atoms with Crippen LogP contribution in [0.2, 0.25) is 0 Å². The summed E-state index contributed by atoms with van der Waals surface area (Å²) in [5.74, 6) is 2.03. The number of alkyl halides is 2. The molecule has 0 aliphatic carbocycles.